The normalized spacial score (nSPS) is 13.1. The van der Waals surface area contributed by atoms with Crippen molar-refractivity contribution < 1.29 is 9.59 Å². The molecule has 26 heavy (non-hydrogen) atoms. The molecule has 6 heteroatoms. The van der Waals surface area contributed by atoms with Crippen molar-refractivity contribution in [2.45, 2.75) is 52.1 Å². The third kappa shape index (κ3) is 4.12. The highest BCUT2D eigenvalue weighted by Crippen LogP contribution is 2.21. The summed E-state index contributed by atoms with van der Waals surface area (Å²) in [6, 6.07) is 9.77. The Bertz CT molecular complexity index is 768. The Labute approximate surface area is 154 Å². The quantitative estimate of drug-likeness (QED) is 0.751. The first-order chi connectivity index (χ1) is 12.7. The summed E-state index contributed by atoms with van der Waals surface area (Å²) < 4.78 is 1.92. The molecule has 1 aromatic carbocycles. The summed E-state index contributed by atoms with van der Waals surface area (Å²) in [4.78, 5) is 29.6. The average Bonchev–Trinajstić information content (AvgIpc) is 3.07. The lowest BCUT2D eigenvalue weighted by Crippen LogP contribution is -2.28. The second-order valence-corrected chi connectivity index (χ2v) is 6.62. The molecule has 0 atom stereocenters. The van der Waals surface area contributed by atoms with Crippen molar-refractivity contribution in [3.63, 3.8) is 0 Å². The van der Waals surface area contributed by atoms with E-state index in [1.165, 1.54) is 0 Å². The van der Waals surface area contributed by atoms with Crippen LogP contribution in [0.1, 0.15) is 65.0 Å². The van der Waals surface area contributed by atoms with Crippen LogP contribution in [0.5, 0.6) is 0 Å². The van der Waals surface area contributed by atoms with Crippen LogP contribution >= 0.6 is 0 Å². The van der Waals surface area contributed by atoms with Gasteiger partial charge >= 0.3 is 0 Å². The van der Waals surface area contributed by atoms with Gasteiger partial charge in [-0.25, -0.2) is 4.98 Å². The maximum atomic E-state index is 12.7. The van der Waals surface area contributed by atoms with Crippen LogP contribution in [0.3, 0.4) is 0 Å². The molecule has 138 valence electrons. The monoisotopic (exact) mass is 354 g/mol. The van der Waals surface area contributed by atoms with Crippen molar-refractivity contribution in [1.82, 2.24) is 20.2 Å². The van der Waals surface area contributed by atoms with Gasteiger partial charge in [-0.15, -0.1) is 0 Å². The van der Waals surface area contributed by atoms with Crippen molar-refractivity contribution in [2.24, 2.45) is 0 Å². The first-order valence-electron chi connectivity index (χ1n) is 9.40. The van der Waals surface area contributed by atoms with Gasteiger partial charge < -0.3 is 15.2 Å². The van der Waals surface area contributed by atoms with Crippen LogP contribution in [-0.2, 0) is 19.5 Å². The standard InChI is InChI=1S/C20H26N4O2/c1-2-3-12-21-20(26)18-23-17(16-11-7-8-13-24(16)18)19(25)22-14-15-9-5-4-6-10-15/h4-6,9-10H,2-3,7-8,11-14H2,1H3,(H,21,26)(H,22,25). The number of hydrogen-bond donors (Lipinski definition) is 2. The molecule has 0 saturated carbocycles. The van der Waals surface area contributed by atoms with Gasteiger partial charge in [-0.2, -0.15) is 0 Å². The minimum atomic E-state index is -0.216. The molecule has 0 unspecified atom stereocenters. The van der Waals surface area contributed by atoms with Gasteiger partial charge in [0.15, 0.2) is 5.82 Å². The summed E-state index contributed by atoms with van der Waals surface area (Å²) in [5, 5.41) is 5.83. The summed E-state index contributed by atoms with van der Waals surface area (Å²) in [6.07, 6.45) is 4.76. The van der Waals surface area contributed by atoms with E-state index < -0.39 is 0 Å². The first kappa shape index (κ1) is 18.2. The number of fused-ring (bicyclic) bond motifs is 1. The van der Waals surface area contributed by atoms with E-state index in [4.69, 9.17) is 0 Å². The van der Waals surface area contributed by atoms with E-state index in [0.717, 1.165) is 49.9 Å². The molecule has 3 rings (SSSR count). The molecule has 0 saturated heterocycles. The Morgan fingerprint density at radius 3 is 2.69 bits per heavy atom. The van der Waals surface area contributed by atoms with Crippen LogP contribution in [0.4, 0.5) is 0 Å². The second kappa shape index (κ2) is 8.65. The highest BCUT2D eigenvalue weighted by Gasteiger charge is 2.27. The number of nitrogens with one attached hydrogen (secondary N) is 2. The minimum absolute atomic E-state index is 0.191. The zero-order valence-electron chi connectivity index (χ0n) is 15.3. The lowest BCUT2D eigenvalue weighted by atomic mass is 10.1. The molecule has 0 spiro atoms. The zero-order chi connectivity index (χ0) is 18.4. The molecule has 2 amide bonds. The number of hydrogen-bond acceptors (Lipinski definition) is 3. The lowest BCUT2D eigenvalue weighted by Gasteiger charge is -2.17. The number of aromatic nitrogens is 2. The van der Waals surface area contributed by atoms with Crippen LogP contribution in [-0.4, -0.2) is 27.9 Å². The summed E-state index contributed by atoms with van der Waals surface area (Å²) >= 11 is 0. The molecule has 0 bridgehead atoms. The number of benzene rings is 1. The van der Waals surface area contributed by atoms with E-state index in [1.807, 2.05) is 34.9 Å². The van der Waals surface area contributed by atoms with E-state index in [0.29, 0.717) is 24.6 Å². The number of rotatable bonds is 7. The van der Waals surface area contributed by atoms with E-state index in [2.05, 4.69) is 22.5 Å². The van der Waals surface area contributed by atoms with Crippen molar-refractivity contribution in [2.75, 3.05) is 6.54 Å². The number of amides is 2. The third-order valence-corrected chi connectivity index (χ3v) is 4.65. The smallest absolute Gasteiger partial charge is 0.287 e. The summed E-state index contributed by atoms with van der Waals surface area (Å²) in [7, 11) is 0. The predicted molar refractivity (Wildman–Crippen MR) is 100 cm³/mol. The van der Waals surface area contributed by atoms with Gasteiger partial charge in [0.2, 0.25) is 0 Å². The van der Waals surface area contributed by atoms with E-state index in [9.17, 15) is 9.59 Å². The van der Waals surface area contributed by atoms with Crippen LogP contribution < -0.4 is 10.6 Å². The summed E-state index contributed by atoms with van der Waals surface area (Å²) in [6.45, 7) is 3.90. The number of nitrogens with zero attached hydrogens (tertiary/aromatic N) is 2. The molecule has 0 fully saturated rings. The zero-order valence-corrected chi connectivity index (χ0v) is 15.3. The molecule has 2 N–H and O–H groups in total. The van der Waals surface area contributed by atoms with E-state index in [-0.39, 0.29) is 11.8 Å². The fourth-order valence-electron chi connectivity index (χ4n) is 3.22. The van der Waals surface area contributed by atoms with Crippen LogP contribution in [0, 0.1) is 0 Å². The maximum absolute atomic E-state index is 12.7. The largest absolute Gasteiger partial charge is 0.349 e. The van der Waals surface area contributed by atoms with Crippen molar-refractivity contribution in [3.05, 3.63) is 53.1 Å². The molecule has 0 radical (unpaired) electrons. The van der Waals surface area contributed by atoms with Gasteiger partial charge in [0.1, 0.15) is 5.69 Å². The van der Waals surface area contributed by atoms with E-state index in [1.54, 1.807) is 0 Å². The Kier molecular flexibility index (Phi) is 6.04. The molecule has 2 heterocycles. The van der Waals surface area contributed by atoms with Gasteiger partial charge in [-0.1, -0.05) is 43.7 Å². The maximum Gasteiger partial charge on any atom is 0.287 e. The fraction of sp³-hybridized carbons (Fsp3) is 0.450. The number of carbonyl (C=O) groups is 2. The van der Waals surface area contributed by atoms with Crippen LogP contribution in [0.25, 0.3) is 0 Å². The molecule has 2 aromatic rings. The van der Waals surface area contributed by atoms with Gasteiger partial charge in [-0.05, 0) is 31.2 Å². The Hall–Kier alpha value is -2.63. The topological polar surface area (TPSA) is 76.0 Å². The molecule has 1 aliphatic heterocycles. The predicted octanol–water partition coefficient (Wildman–Crippen LogP) is 2.68. The first-order valence-corrected chi connectivity index (χ1v) is 9.40. The van der Waals surface area contributed by atoms with Gasteiger partial charge in [0.25, 0.3) is 11.8 Å². The summed E-state index contributed by atoms with van der Waals surface area (Å²) in [5.74, 6) is -0.0449. The van der Waals surface area contributed by atoms with Crippen molar-refractivity contribution in [1.29, 1.82) is 0 Å². The second-order valence-electron chi connectivity index (χ2n) is 6.62. The number of unbranched alkanes of at least 4 members (excludes halogenated alkanes) is 1. The van der Waals surface area contributed by atoms with Crippen LogP contribution in [0.15, 0.2) is 30.3 Å². The molecule has 6 nitrogen and oxygen atoms in total. The molecule has 1 aromatic heterocycles. The molecular weight excluding hydrogens is 328 g/mol. The molecule has 0 aliphatic carbocycles. The van der Waals surface area contributed by atoms with Gasteiger partial charge in [-0.3, -0.25) is 9.59 Å². The lowest BCUT2D eigenvalue weighted by molar-refractivity contribution is 0.0937. The Morgan fingerprint density at radius 1 is 1.12 bits per heavy atom. The van der Waals surface area contributed by atoms with Crippen molar-refractivity contribution in [3.8, 4) is 0 Å². The molecule has 1 aliphatic rings. The highest BCUT2D eigenvalue weighted by atomic mass is 16.2. The molecular formula is C20H26N4O2. The average molecular weight is 354 g/mol. The number of carbonyl (C=O) groups excluding carboxylic acids is 2. The fourth-order valence-corrected chi connectivity index (χ4v) is 3.22. The minimum Gasteiger partial charge on any atom is -0.349 e. The SMILES string of the molecule is CCCCNC(=O)c1nc(C(=O)NCc2ccccc2)c2n1CCCC2. The third-order valence-electron chi connectivity index (χ3n) is 4.65. The van der Waals surface area contributed by atoms with Gasteiger partial charge in [0.05, 0.1) is 5.69 Å². The Morgan fingerprint density at radius 2 is 1.92 bits per heavy atom. The van der Waals surface area contributed by atoms with Gasteiger partial charge in [0, 0.05) is 19.6 Å². The number of imidazole rings is 1. The Balaban J connectivity index is 1.76. The van der Waals surface area contributed by atoms with Crippen LogP contribution in [0.2, 0.25) is 0 Å². The van der Waals surface area contributed by atoms with E-state index >= 15 is 0 Å². The summed E-state index contributed by atoms with van der Waals surface area (Å²) in [5.41, 5.74) is 2.30. The highest BCUT2D eigenvalue weighted by molar-refractivity contribution is 5.97. The van der Waals surface area contributed by atoms with Crippen molar-refractivity contribution >= 4 is 11.8 Å².